The molecule has 0 saturated carbocycles. The lowest BCUT2D eigenvalue weighted by atomic mass is 10.0. The van der Waals surface area contributed by atoms with Crippen LogP contribution in [-0.4, -0.2) is 47.4 Å². The molecule has 0 fully saturated rings. The van der Waals surface area contributed by atoms with E-state index in [-0.39, 0.29) is 18.5 Å². The molecule has 0 aliphatic rings. The van der Waals surface area contributed by atoms with Gasteiger partial charge in [0.2, 0.25) is 5.91 Å². The number of rotatable bonds is 56. The molecule has 2 unspecified atom stereocenters. The number of aliphatic hydroxyl groups excluding tert-OH is 2. The summed E-state index contributed by atoms with van der Waals surface area (Å²) in [5.41, 5.74) is 0. The molecule has 0 aromatic heterocycles. The van der Waals surface area contributed by atoms with E-state index in [0.717, 1.165) is 51.4 Å². The van der Waals surface area contributed by atoms with Gasteiger partial charge in [0.25, 0.3) is 0 Å². The Bertz CT molecular complexity index is 1160. The minimum absolute atomic E-state index is 0.0472. The molecule has 404 valence electrons. The molecule has 0 saturated heterocycles. The molecule has 6 nitrogen and oxygen atoms in total. The highest BCUT2D eigenvalue weighted by Crippen LogP contribution is 2.17. The molecule has 1 amide bonds. The van der Waals surface area contributed by atoms with Gasteiger partial charge in [-0.1, -0.05) is 281 Å². The fourth-order valence-corrected chi connectivity index (χ4v) is 9.16. The number of allylic oxidation sites excluding steroid dienone is 6. The second-order valence-electron chi connectivity index (χ2n) is 20.7. The van der Waals surface area contributed by atoms with Crippen LogP contribution in [0.1, 0.15) is 316 Å². The highest BCUT2D eigenvalue weighted by atomic mass is 16.5. The van der Waals surface area contributed by atoms with Gasteiger partial charge in [0.15, 0.2) is 0 Å². The van der Waals surface area contributed by atoms with Crippen LogP contribution < -0.4 is 5.32 Å². The predicted molar refractivity (Wildman–Crippen MR) is 301 cm³/mol. The highest BCUT2D eigenvalue weighted by molar-refractivity contribution is 5.76. The van der Waals surface area contributed by atoms with E-state index in [1.54, 1.807) is 6.08 Å². The number of amides is 1. The number of hydrogen-bond acceptors (Lipinski definition) is 5. The van der Waals surface area contributed by atoms with Crippen LogP contribution in [0.25, 0.3) is 0 Å². The van der Waals surface area contributed by atoms with E-state index in [2.05, 4.69) is 55.6 Å². The van der Waals surface area contributed by atoms with Crippen molar-refractivity contribution in [1.29, 1.82) is 0 Å². The highest BCUT2D eigenvalue weighted by Gasteiger charge is 2.18. The molecule has 6 heteroatoms. The summed E-state index contributed by atoms with van der Waals surface area (Å²) in [5.74, 6) is -0.118. The van der Waals surface area contributed by atoms with Crippen LogP contribution in [0.2, 0.25) is 0 Å². The average Bonchev–Trinajstić information content (AvgIpc) is 3.35. The van der Waals surface area contributed by atoms with Gasteiger partial charge < -0.3 is 20.3 Å². The number of carbonyl (C=O) groups is 2. The van der Waals surface area contributed by atoms with Gasteiger partial charge in [0.05, 0.1) is 25.4 Å². The molecule has 0 rings (SSSR count). The maximum Gasteiger partial charge on any atom is 0.305 e. The second-order valence-corrected chi connectivity index (χ2v) is 20.7. The lowest BCUT2D eigenvalue weighted by molar-refractivity contribution is -0.143. The van der Waals surface area contributed by atoms with Crippen molar-refractivity contribution >= 4 is 11.9 Å². The van der Waals surface area contributed by atoms with Gasteiger partial charge >= 0.3 is 5.97 Å². The maximum absolute atomic E-state index is 12.5. The minimum Gasteiger partial charge on any atom is -0.465 e. The van der Waals surface area contributed by atoms with Crippen molar-refractivity contribution in [2.24, 2.45) is 0 Å². The predicted octanol–water partition coefficient (Wildman–Crippen LogP) is 19.0. The van der Waals surface area contributed by atoms with E-state index >= 15 is 0 Å². The molecule has 0 radical (unpaired) electrons. The van der Waals surface area contributed by atoms with Crippen LogP contribution in [0.3, 0.4) is 0 Å². The van der Waals surface area contributed by atoms with E-state index < -0.39 is 12.1 Å². The number of carbonyl (C=O) groups excluding carboxylic acids is 2. The Morgan fingerprint density at radius 2 is 0.739 bits per heavy atom. The zero-order valence-electron chi connectivity index (χ0n) is 46.0. The largest absolute Gasteiger partial charge is 0.465 e. The second kappa shape index (κ2) is 58.4. The molecule has 2 atom stereocenters. The average molecular weight is 969 g/mol. The quantitative estimate of drug-likeness (QED) is 0.0321. The Labute approximate surface area is 429 Å². The van der Waals surface area contributed by atoms with Crippen LogP contribution in [0.15, 0.2) is 48.6 Å². The van der Waals surface area contributed by atoms with E-state index in [9.17, 15) is 19.8 Å². The molecule has 69 heavy (non-hydrogen) atoms. The summed E-state index contributed by atoms with van der Waals surface area (Å²) in [4.78, 5) is 24.4. The minimum atomic E-state index is -0.849. The van der Waals surface area contributed by atoms with Gasteiger partial charge in [-0.3, -0.25) is 9.59 Å². The number of ether oxygens (including phenoxy) is 1. The first kappa shape index (κ1) is 66.8. The summed E-state index contributed by atoms with van der Waals surface area (Å²) >= 11 is 0. The summed E-state index contributed by atoms with van der Waals surface area (Å²) in [7, 11) is 0. The van der Waals surface area contributed by atoms with Crippen molar-refractivity contribution in [2.45, 2.75) is 328 Å². The van der Waals surface area contributed by atoms with Crippen LogP contribution in [-0.2, 0) is 14.3 Å². The summed E-state index contributed by atoms with van der Waals surface area (Å²) in [5, 5.41) is 23.2. The van der Waals surface area contributed by atoms with Crippen LogP contribution in [0.5, 0.6) is 0 Å². The van der Waals surface area contributed by atoms with Crippen molar-refractivity contribution in [1.82, 2.24) is 5.32 Å². The van der Waals surface area contributed by atoms with Crippen molar-refractivity contribution < 1.29 is 24.5 Å². The normalized spacial score (nSPS) is 12.9. The molecule has 0 bridgehead atoms. The fraction of sp³-hybridized carbons (Fsp3) is 0.841. The summed E-state index contributed by atoms with van der Waals surface area (Å²) in [6.45, 7) is 4.76. The van der Waals surface area contributed by atoms with Crippen LogP contribution in [0.4, 0.5) is 0 Å². The molecule has 0 aliphatic heterocycles. The van der Waals surface area contributed by atoms with Gasteiger partial charge in [0.1, 0.15) is 0 Å². The lowest BCUT2D eigenvalue weighted by Gasteiger charge is -2.20. The molecule has 0 aromatic carbocycles. The zero-order chi connectivity index (χ0) is 50.0. The molecular weight excluding hydrogens is 851 g/mol. The Morgan fingerprint density at radius 1 is 0.406 bits per heavy atom. The van der Waals surface area contributed by atoms with Crippen molar-refractivity contribution in [3.05, 3.63) is 48.6 Å². The third kappa shape index (κ3) is 55.0. The van der Waals surface area contributed by atoms with Crippen molar-refractivity contribution in [3.63, 3.8) is 0 Å². The molecule has 0 aromatic rings. The number of esters is 1. The Morgan fingerprint density at radius 3 is 1.16 bits per heavy atom. The third-order valence-corrected chi connectivity index (χ3v) is 13.8. The van der Waals surface area contributed by atoms with E-state index in [4.69, 9.17) is 4.74 Å². The first-order valence-corrected chi connectivity index (χ1v) is 30.4. The first-order valence-electron chi connectivity index (χ1n) is 30.4. The van der Waals surface area contributed by atoms with Crippen molar-refractivity contribution in [2.75, 3.05) is 13.2 Å². The van der Waals surface area contributed by atoms with Crippen LogP contribution >= 0.6 is 0 Å². The number of aliphatic hydroxyl groups is 2. The van der Waals surface area contributed by atoms with Gasteiger partial charge in [-0.2, -0.15) is 0 Å². The summed E-state index contributed by atoms with van der Waals surface area (Å²) in [6.07, 6.45) is 74.5. The van der Waals surface area contributed by atoms with Gasteiger partial charge in [0, 0.05) is 12.8 Å². The molecule has 0 spiro atoms. The van der Waals surface area contributed by atoms with Gasteiger partial charge in [-0.15, -0.1) is 0 Å². The molecule has 0 heterocycles. The fourth-order valence-electron chi connectivity index (χ4n) is 9.16. The lowest BCUT2D eigenvalue weighted by Crippen LogP contribution is -2.45. The standard InChI is InChI=1S/C63H117NO5/c1-3-5-7-9-11-13-15-16-17-18-19-23-26-29-32-36-39-43-47-51-55-61(66)60(59-65)64-62(67)56-52-48-44-40-37-33-30-27-24-21-20-22-25-28-31-34-38-42-46-50-54-58-69-63(68)57-53-49-45-41-35-14-12-10-8-6-4-2/h10,12,34,38,46,50-51,55,60-61,65-66H,3-9,11,13-33,35-37,39-45,47-49,52-54,56-59H2,1-2H3,(H,64,67)/b12-10-,38-34-,50-46-,55-51+. The molecule has 3 N–H and O–H groups in total. The molecular formula is C63H117NO5. The Hall–Kier alpha value is -2.18. The third-order valence-electron chi connectivity index (χ3n) is 13.8. The smallest absolute Gasteiger partial charge is 0.305 e. The maximum atomic E-state index is 12.5. The Kier molecular flexibility index (Phi) is 56.5. The number of unbranched alkanes of at least 4 members (excludes halogenated alkanes) is 39. The Balaban J connectivity index is 3.50. The monoisotopic (exact) mass is 968 g/mol. The van der Waals surface area contributed by atoms with Crippen molar-refractivity contribution in [3.8, 4) is 0 Å². The number of hydrogen-bond donors (Lipinski definition) is 3. The van der Waals surface area contributed by atoms with E-state index in [0.29, 0.717) is 19.4 Å². The van der Waals surface area contributed by atoms with E-state index in [1.807, 2.05) is 6.08 Å². The number of nitrogens with one attached hydrogen (secondary N) is 1. The van der Waals surface area contributed by atoms with Crippen LogP contribution in [0, 0.1) is 0 Å². The van der Waals surface area contributed by atoms with Gasteiger partial charge in [-0.25, -0.2) is 0 Å². The zero-order valence-corrected chi connectivity index (χ0v) is 46.0. The first-order chi connectivity index (χ1) is 34.0. The summed E-state index contributed by atoms with van der Waals surface area (Å²) < 4.78 is 5.39. The topological polar surface area (TPSA) is 95.9 Å². The summed E-state index contributed by atoms with van der Waals surface area (Å²) in [6, 6.07) is -0.633. The molecule has 0 aliphatic carbocycles. The van der Waals surface area contributed by atoms with Gasteiger partial charge in [-0.05, 0) is 70.6 Å². The SMILES string of the molecule is CCCC/C=C\CCCCCCCC(=O)OCC/C=C\C/C=C\CCCCCCCCCCCCCCCCC(=O)NC(CO)C(O)/C=C/CCCCCCCCCCCCCCCCCCCC. The van der Waals surface area contributed by atoms with E-state index in [1.165, 1.54) is 238 Å².